The van der Waals surface area contributed by atoms with E-state index < -0.39 is 11.7 Å². The highest BCUT2D eigenvalue weighted by Gasteiger charge is 2.30. The van der Waals surface area contributed by atoms with E-state index in [4.69, 9.17) is 5.73 Å². The van der Waals surface area contributed by atoms with E-state index in [-0.39, 0.29) is 0 Å². The van der Waals surface area contributed by atoms with Crippen molar-refractivity contribution in [3.8, 4) is 0 Å². The van der Waals surface area contributed by atoms with Crippen LogP contribution in [0.25, 0.3) is 0 Å². The molecule has 1 heterocycles. The van der Waals surface area contributed by atoms with Gasteiger partial charge in [-0.05, 0) is 37.6 Å². The molecule has 0 bridgehead atoms. The molecule has 1 aliphatic rings. The summed E-state index contributed by atoms with van der Waals surface area (Å²) in [6.07, 6.45) is -1.98. The van der Waals surface area contributed by atoms with Crippen LogP contribution in [-0.2, 0) is 6.18 Å². The molecule has 0 aromatic heterocycles. The van der Waals surface area contributed by atoms with Crippen LogP contribution in [0.4, 0.5) is 13.2 Å². The topological polar surface area (TPSA) is 29.3 Å². The summed E-state index contributed by atoms with van der Waals surface area (Å²) in [6, 6.07) is 5.95. The molecule has 1 aliphatic heterocycles. The second kappa shape index (κ2) is 6.83. The average Bonchev–Trinajstić information content (AvgIpc) is 2.86. The van der Waals surface area contributed by atoms with Gasteiger partial charge in [0.2, 0.25) is 0 Å². The smallest absolute Gasteiger partial charge is 0.329 e. The minimum atomic E-state index is -4.27. The molecule has 2 nitrogen and oxygen atoms in total. The summed E-state index contributed by atoms with van der Waals surface area (Å²) in [5, 5.41) is 0. The zero-order chi connectivity index (χ0) is 14.6. The van der Waals surface area contributed by atoms with E-state index in [1.807, 2.05) is 0 Å². The number of halogens is 3. The van der Waals surface area contributed by atoms with Crippen LogP contribution >= 0.6 is 11.8 Å². The Bertz CT molecular complexity index is 437. The van der Waals surface area contributed by atoms with Crippen LogP contribution in [0.2, 0.25) is 0 Å². The Kier molecular flexibility index (Phi) is 5.35. The molecule has 0 saturated carbocycles. The molecule has 1 saturated heterocycles. The Balaban J connectivity index is 1.85. The van der Waals surface area contributed by atoms with Gasteiger partial charge < -0.3 is 5.73 Å². The molecule has 20 heavy (non-hydrogen) atoms. The van der Waals surface area contributed by atoms with E-state index >= 15 is 0 Å². The number of rotatable bonds is 5. The highest BCUT2D eigenvalue weighted by atomic mass is 32.2. The highest BCUT2D eigenvalue weighted by Crippen LogP contribution is 2.32. The molecule has 1 atom stereocenters. The van der Waals surface area contributed by atoms with Crippen LogP contribution in [0.3, 0.4) is 0 Å². The first-order chi connectivity index (χ1) is 9.50. The highest BCUT2D eigenvalue weighted by molar-refractivity contribution is 7.99. The summed E-state index contributed by atoms with van der Waals surface area (Å²) in [7, 11) is 0. The van der Waals surface area contributed by atoms with Gasteiger partial charge >= 0.3 is 6.18 Å². The zero-order valence-electron chi connectivity index (χ0n) is 11.2. The Morgan fingerprint density at radius 3 is 2.85 bits per heavy atom. The lowest BCUT2D eigenvalue weighted by atomic mass is 10.2. The Labute approximate surface area is 121 Å². The molecule has 1 unspecified atom stereocenters. The van der Waals surface area contributed by atoms with Crippen molar-refractivity contribution in [1.29, 1.82) is 0 Å². The Morgan fingerprint density at radius 1 is 1.35 bits per heavy atom. The van der Waals surface area contributed by atoms with Gasteiger partial charge in [0.25, 0.3) is 0 Å². The minimum absolute atomic E-state index is 0.442. The van der Waals surface area contributed by atoms with Gasteiger partial charge in [-0.25, -0.2) is 0 Å². The van der Waals surface area contributed by atoms with Gasteiger partial charge in [-0.3, -0.25) is 4.90 Å². The van der Waals surface area contributed by atoms with Crippen molar-refractivity contribution in [2.75, 3.05) is 25.4 Å². The summed E-state index contributed by atoms with van der Waals surface area (Å²) in [5.41, 5.74) is 5.12. The predicted octanol–water partition coefficient (Wildman–Crippen LogP) is 3.22. The molecule has 112 valence electrons. The van der Waals surface area contributed by atoms with Crippen molar-refractivity contribution >= 4 is 11.8 Å². The lowest BCUT2D eigenvalue weighted by molar-refractivity contribution is -0.137. The standard InChI is InChI=1S/C14H19F3N2S/c15-14(16,17)11-3-1-5-13(9-11)20-8-7-19-6-2-4-12(19)10-18/h1,3,5,9,12H,2,4,6-8,10,18H2. The fourth-order valence-corrected chi connectivity index (χ4v) is 3.45. The third-order valence-electron chi connectivity index (χ3n) is 3.58. The first-order valence-electron chi connectivity index (χ1n) is 6.75. The second-order valence-electron chi connectivity index (χ2n) is 4.94. The SMILES string of the molecule is NCC1CCCN1CCSc1cccc(C(F)(F)F)c1. The molecule has 6 heteroatoms. The fraction of sp³-hybridized carbons (Fsp3) is 0.571. The van der Waals surface area contributed by atoms with Gasteiger partial charge in [0.05, 0.1) is 5.56 Å². The second-order valence-corrected chi connectivity index (χ2v) is 6.11. The number of alkyl halides is 3. The van der Waals surface area contributed by atoms with Crippen LogP contribution in [0.15, 0.2) is 29.2 Å². The van der Waals surface area contributed by atoms with Crippen molar-refractivity contribution in [3.63, 3.8) is 0 Å². The monoisotopic (exact) mass is 304 g/mol. The van der Waals surface area contributed by atoms with Crippen molar-refractivity contribution in [2.45, 2.75) is 30.0 Å². The van der Waals surface area contributed by atoms with Gasteiger partial charge in [0.1, 0.15) is 0 Å². The average molecular weight is 304 g/mol. The molecule has 0 spiro atoms. The van der Waals surface area contributed by atoms with Crippen LogP contribution in [-0.4, -0.2) is 36.3 Å². The lowest BCUT2D eigenvalue weighted by Gasteiger charge is -2.22. The number of nitrogens with two attached hydrogens (primary N) is 1. The van der Waals surface area contributed by atoms with Crippen molar-refractivity contribution in [3.05, 3.63) is 29.8 Å². The molecule has 1 fully saturated rings. The minimum Gasteiger partial charge on any atom is -0.329 e. The number of benzene rings is 1. The van der Waals surface area contributed by atoms with E-state index in [2.05, 4.69) is 4.90 Å². The van der Waals surface area contributed by atoms with E-state index in [0.717, 1.165) is 37.8 Å². The fourth-order valence-electron chi connectivity index (χ4n) is 2.50. The summed E-state index contributed by atoms with van der Waals surface area (Å²) in [4.78, 5) is 3.00. The first kappa shape index (κ1) is 15.7. The molecule has 0 amide bonds. The molecular formula is C14H19F3N2S. The maximum Gasteiger partial charge on any atom is 0.416 e. The van der Waals surface area contributed by atoms with E-state index in [1.54, 1.807) is 6.07 Å². The Hall–Kier alpha value is -0.720. The number of hydrogen-bond acceptors (Lipinski definition) is 3. The van der Waals surface area contributed by atoms with Crippen molar-refractivity contribution < 1.29 is 13.2 Å². The van der Waals surface area contributed by atoms with Crippen LogP contribution in [0.1, 0.15) is 18.4 Å². The van der Waals surface area contributed by atoms with E-state index in [0.29, 0.717) is 17.5 Å². The summed E-state index contributed by atoms with van der Waals surface area (Å²) < 4.78 is 37.8. The maximum absolute atomic E-state index is 12.6. The van der Waals surface area contributed by atoms with Gasteiger partial charge in [-0.1, -0.05) is 6.07 Å². The van der Waals surface area contributed by atoms with Gasteiger partial charge in [0, 0.05) is 29.8 Å². The summed E-state index contributed by atoms with van der Waals surface area (Å²) >= 11 is 1.47. The molecule has 2 rings (SSSR count). The van der Waals surface area contributed by atoms with Crippen LogP contribution in [0, 0.1) is 0 Å². The zero-order valence-corrected chi connectivity index (χ0v) is 12.0. The van der Waals surface area contributed by atoms with E-state index in [9.17, 15) is 13.2 Å². The van der Waals surface area contributed by atoms with Gasteiger partial charge in [-0.15, -0.1) is 11.8 Å². The first-order valence-corrected chi connectivity index (χ1v) is 7.73. The molecule has 0 aliphatic carbocycles. The molecule has 2 N–H and O–H groups in total. The van der Waals surface area contributed by atoms with E-state index in [1.165, 1.54) is 23.9 Å². The van der Waals surface area contributed by atoms with Gasteiger partial charge in [0.15, 0.2) is 0 Å². The third kappa shape index (κ3) is 4.14. The normalized spacial score (nSPS) is 20.5. The summed E-state index contributed by atoms with van der Waals surface area (Å²) in [5.74, 6) is 0.789. The quantitative estimate of drug-likeness (QED) is 0.847. The largest absolute Gasteiger partial charge is 0.416 e. The number of likely N-dealkylation sites (tertiary alicyclic amines) is 1. The third-order valence-corrected chi connectivity index (χ3v) is 4.55. The van der Waals surface area contributed by atoms with Crippen LogP contribution in [0.5, 0.6) is 0 Å². The maximum atomic E-state index is 12.6. The summed E-state index contributed by atoms with van der Waals surface area (Å²) in [6.45, 7) is 2.59. The molecule has 0 radical (unpaired) electrons. The molecule has 1 aromatic rings. The van der Waals surface area contributed by atoms with Crippen LogP contribution < -0.4 is 5.73 Å². The molecule has 1 aromatic carbocycles. The molecular weight excluding hydrogens is 285 g/mol. The Morgan fingerprint density at radius 2 is 2.15 bits per heavy atom. The lowest BCUT2D eigenvalue weighted by Crippen LogP contribution is -2.36. The van der Waals surface area contributed by atoms with Gasteiger partial charge in [-0.2, -0.15) is 13.2 Å². The van der Waals surface area contributed by atoms with Crippen molar-refractivity contribution in [1.82, 2.24) is 4.90 Å². The predicted molar refractivity (Wildman–Crippen MR) is 75.8 cm³/mol. The van der Waals surface area contributed by atoms with Crippen molar-refractivity contribution in [2.24, 2.45) is 5.73 Å². The number of hydrogen-bond donors (Lipinski definition) is 1. The number of nitrogens with zero attached hydrogens (tertiary/aromatic N) is 1. The number of thioether (sulfide) groups is 1.